The number of furan rings is 1. The standard InChI is InChI=1S/C17H16N2O4/c20-13-7-5-12(6-8-13)3-1-9-18-17(21)14-11-16(23-19-14)15-4-2-10-22-15/h2,4-8,10-11,20H,1,3,9H2,(H,18,21). The Morgan fingerprint density at radius 2 is 2.00 bits per heavy atom. The number of hydrogen-bond donors (Lipinski definition) is 2. The van der Waals surface area contributed by atoms with E-state index in [1.807, 2.05) is 12.1 Å². The van der Waals surface area contributed by atoms with Crippen molar-refractivity contribution in [2.45, 2.75) is 12.8 Å². The number of carbonyl (C=O) groups is 1. The maximum absolute atomic E-state index is 12.0. The molecule has 0 atom stereocenters. The summed E-state index contributed by atoms with van der Waals surface area (Å²) in [6.45, 7) is 0.530. The summed E-state index contributed by atoms with van der Waals surface area (Å²) in [6.07, 6.45) is 3.14. The van der Waals surface area contributed by atoms with Crippen molar-refractivity contribution in [1.29, 1.82) is 0 Å². The van der Waals surface area contributed by atoms with Crippen LogP contribution in [-0.4, -0.2) is 22.7 Å². The van der Waals surface area contributed by atoms with E-state index in [4.69, 9.17) is 8.94 Å². The first-order chi connectivity index (χ1) is 11.2. The third kappa shape index (κ3) is 3.79. The van der Waals surface area contributed by atoms with Crippen molar-refractivity contribution in [2.75, 3.05) is 6.54 Å². The predicted molar refractivity (Wildman–Crippen MR) is 83.0 cm³/mol. The van der Waals surface area contributed by atoms with E-state index in [9.17, 15) is 9.90 Å². The highest BCUT2D eigenvalue weighted by Crippen LogP contribution is 2.20. The van der Waals surface area contributed by atoms with Crippen molar-refractivity contribution in [2.24, 2.45) is 0 Å². The maximum atomic E-state index is 12.0. The second-order valence-electron chi connectivity index (χ2n) is 5.08. The number of aromatic nitrogens is 1. The molecular formula is C17H16N2O4. The van der Waals surface area contributed by atoms with Gasteiger partial charge in [-0.05, 0) is 42.7 Å². The van der Waals surface area contributed by atoms with Crippen molar-refractivity contribution in [3.63, 3.8) is 0 Å². The van der Waals surface area contributed by atoms with E-state index in [2.05, 4.69) is 10.5 Å². The van der Waals surface area contributed by atoms with Gasteiger partial charge >= 0.3 is 0 Å². The number of carbonyl (C=O) groups excluding carboxylic acids is 1. The van der Waals surface area contributed by atoms with E-state index in [-0.39, 0.29) is 17.4 Å². The number of phenols is 1. The Morgan fingerprint density at radius 3 is 2.74 bits per heavy atom. The lowest BCUT2D eigenvalue weighted by Gasteiger charge is -2.03. The van der Waals surface area contributed by atoms with Crippen LogP contribution >= 0.6 is 0 Å². The molecule has 0 radical (unpaired) electrons. The normalized spacial score (nSPS) is 10.6. The number of rotatable bonds is 6. The largest absolute Gasteiger partial charge is 0.508 e. The predicted octanol–water partition coefficient (Wildman–Crippen LogP) is 3.00. The van der Waals surface area contributed by atoms with Crippen LogP contribution in [0.25, 0.3) is 11.5 Å². The minimum Gasteiger partial charge on any atom is -0.508 e. The number of amides is 1. The van der Waals surface area contributed by atoms with Crippen molar-refractivity contribution in [1.82, 2.24) is 10.5 Å². The molecule has 0 bridgehead atoms. The monoisotopic (exact) mass is 312 g/mol. The third-order valence-electron chi connectivity index (χ3n) is 3.37. The van der Waals surface area contributed by atoms with Gasteiger partial charge in [-0.3, -0.25) is 4.79 Å². The molecule has 1 amide bonds. The highest BCUT2D eigenvalue weighted by atomic mass is 16.5. The summed E-state index contributed by atoms with van der Waals surface area (Å²) in [4.78, 5) is 12.0. The first-order valence-corrected chi connectivity index (χ1v) is 7.29. The van der Waals surface area contributed by atoms with Crippen molar-refractivity contribution in [3.8, 4) is 17.3 Å². The van der Waals surface area contributed by atoms with Gasteiger partial charge in [-0.1, -0.05) is 17.3 Å². The number of nitrogens with one attached hydrogen (secondary N) is 1. The number of hydrogen-bond acceptors (Lipinski definition) is 5. The molecule has 118 valence electrons. The van der Waals surface area contributed by atoms with Gasteiger partial charge in [-0.15, -0.1) is 0 Å². The molecule has 0 saturated carbocycles. The zero-order valence-electron chi connectivity index (χ0n) is 12.4. The molecule has 1 aromatic carbocycles. The molecule has 6 nitrogen and oxygen atoms in total. The lowest BCUT2D eigenvalue weighted by molar-refractivity contribution is 0.0944. The summed E-state index contributed by atoms with van der Waals surface area (Å²) in [7, 11) is 0. The molecule has 2 aromatic heterocycles. The van der Waals surface area contributed by atoms with Gasteiger partial charge in [0.25, 0.3) is 5.91 Å². The summed E-state index contributed by atoms with van der Waals surface area (Å²) in [5.41, 5.74) is 1.33. The Balaban J connectivity index is 1.47. The van der Waals surface area contributed by atoms with Gasteiger partial charge in [0.15, 0.2) is 11.5 Å². The van der Waals surface area contributed by atoms with E-state index in [0.717, 1.165) is 18.4 Å². The van der Waals surface area contributed by atoms with Gasteiger partial charge < -0.3 is 19.4 Å². The zero-order valence-corrected chi connectivity index (χ0v) is 12.4. The second-order valence-corrected chi connectivity index (χ2v) is 5.08. The van der Waals surface area contributed by atoms with Crippen molar-refractivity contribution >= 4 is 5.91 Å². The van der Waals surface area contributed by atoms with Crippen LogP contribution in [0.1, 0.15) is 22.5 Å². The fourth-order valence-electron chi connectivity index (χ4n) is 2.16. The molecule has 0 unspecified atom stereocenters. The highest BCUT2D eigenvalue weighted by molar-refractivity contribution is 5.92. The van der Waals surface area contributed by atoms with E-state index in [0.29, 0.717) is 18.1 Å². The van der Waals surface area contributed by atoms with Crippen molar-refractivity contribution < 1.29 is 18.8 Å². The average Bonchev–Trinajstić information content (AvgIpc) is 3.23. The molecular weight excluding hydrogens is 296 g/mol. The Labute approximate surface area is 132 Å². The first kappa shape index (κ1) is 14.9. The van der Waals surface area contributed by atoms with Crippen LogP contribution in [0.4, 0.5) is 0 Å². The molecule has 0 spiro atoms. The second kappa shape index (κ2) is 6.83. The van der Waals surface area contributed by atoms with Crippen LogP contribution in [0.5, 0.6) is 5.75 Å². The fraction of sp³-hybridized carbons (Fsp3) is 0.176. The van der Waals surface area contributed by atoms with Crippen molar-refractivity contribution in [3.05, 3.63) is 60.0 Å². The molecule has 2 heterocycles. The Hall–Kier alpha value is -3.02. The van der Waals surface area contributed by atoms with E-state index in [1.54, 1.807) is 30.3 Å². The van der Waals surface area contributed by atoms with Crippen LogP contribution in [-0.2, 0) is 6.42 Å². The van der Waals surface area contributed by atoms with Gasteiger partial charge in [0, 0.05) is 12.6 Å². The van der Waals surface area contributed by atoms with Gasteiger partial charge in [0.05, 0.1) is 6.26 Å². The van der Waals surface area contributed by atoms with Crippen LogP contribution in [0, 0.1) is 0 Å². The zero-order chi connectivity index (χ0) is 16.1. The summed E-state index contributed by atoms with van der Waals surface area (Å²) in [6, 6.07) is 12.1. The van der Waals surface area contributed by atoms with Gasteiger partial charge in [0.2, 0.25) is 5.76 Å². The van der Waals surface area contributed by atoms with E-state index in [1.165, 1.54) is 6.26 Å². The molecule has 0 saturated heterocycles. The number of benzene rings is 1. The topological polar surface area (TPSA) is 88.5 Å². The lowest BCUT2D eigenvalue weighted by Crippen LogP contribution is -2.25. The number of aryl methyl sites for hydroxylation is 1. The van der Waals surface area contributed by atoms with Crippen LogP contribution in [0.3, 0.4) is 0 Å². The lowest BCUT2D eigenvalue weighted by atomic mass is 10.1. The van der Waals surface area contributed by atoms with Crippen LogP contribution in [0.2, 0.25) is 0 Å². The number of phenolic OH excluding ortho intramolecular Hbond substituents is 1. The Bertz CT molecular complexity index is 760. The molecule has 23 heavy (non-hydrogen) atoms. The maximum Gasteiger partial charge on any atom is 0.273 e. The van der Waals surface area contributed by atoms with E-state index >= 15 is 0 Å². The smallest absolute Gasteiger partial charge is 0.273 e. The molecule has 0 aliphatic carbocycles. The summed E-state index contributed by atoms with van der Waals surface area (Å²) < 4.78 is 10.3. The first-order valence-electron chi connectivity index (χ1n) is 7.29. The van der Waals surface area contributed by atoms with Gasteiger partial charge in [-0.25, -0.2) is 0 Å². The molecule has 0 aliphatic rings. The average molecular weight is 312 g/mol. The third-order valence-corrected chi connectivity index (χ3v) is 3.37. The number of nitrogens with zero attached hydrogens (tertiary/aromatic N) is 1. The van der Waals surface area contributed by atoms with E-state index < -0.39 is 0 Å². The fourth-order valence-corrected chi connectivity index (χ4v) is 2.16. The minimum absolute atomic E-state index is 0.223. The molecule has 3 aromatic rings. The van der Waals surface area contributed by atoms with Gasteiger partial charge in [-0.2, -0.15) is 0 Å². The highest BCUT2D eigenvalue weighted by Gasteiger charge is 2.14. The molecule has 0 aliphatic heterocycles. The van der Waals surface area contributed by atoms with Crippen LogP contribution < -0.4 is 5.32 Å². The summed E-state index contributed by atoms with van der Waals surface area (Å²) in [5.74, 6) is 0.922. The molecule has 6 heteroatoms. The quantitative estimate of drug-likeness (QED) is 0.683. The Morgan fingerprint density at radius 1 is 1.17 bits per heavy atom. The Kier molecular flexibility index (Phi) is 4.42. The van der Waals surface area contributed by atoms with Gasteiger partial charge in [0.1, 0.15) is 5.75 Å². The summed E-state index contributed by atoms with van der Waals surface area (Å²) >= 11 is 0. The SMILES string of the molecule is O=C(NCCCc1ccc(O)cc1)c1cc(-c2ccco2)on1. The molecule has 2 N–H and O–H groups in total. The minimum atomic E-state index is -0.280. The van der Waals surface area contributed by atoms with Crippen LogP contribution in [0.15, 0.2) is 57.7 Å². The molecule has 3 rings (SSSR count). The summed E-state index contributed by atoms with van der Waals surface area (Å²) in [5, 5.41) is 15.8. The number of aromatic hydroxyl groups is 1. The molecule has 0 fully saturated rings.